The van der Waals surface area contributed by atoms with Gasteiger partial charge >= 0.3 is 6.03 Å². The first-order valence-electron chi connectivity index (χ1n) is 7.42. The molecule has 2 bridgehead atoms. The molecule has 21 heavy (non-hydrogen) atoms. The molecule has 3 aliphatic rings. The van der Waals surface area contributed by atoms with Crippen LogP contribution in [-0.4, -0.2) is 48.6 Å². The molecule has 0 radical (unpaired) electrons. The first-order valence-corrected chi connectivity index (χ1v) is 7.42. The predicted molar refractivity (Wildman–Crippen MR) is 80.9 cm³/mol. The predicted octanol–water partition coefficient (Wildman–Crippen LogP) is 2.12. The van der Waals surface area contributed by atoms with Gasteiger partial charge in [-0.2, -0.15) is 5.26 Å². The summed E-state index contributed by atoms with van der Waals surface area (Å²) in [5, 5.41) is 11.8. The summed E-state index contributed by atoms with van der Waals surface area (Å²) in [6.07, 6.45) is 2.30. The molecule has 2 atom stereocenters. The lowest BCUT2D eigenvalue weighted by molar-refractivity contribution is 0.152. The van der Waals surface area contributed by atoms with Crippen LogP contribution in [0, 0.1) is 17.2 Å². The monoisotopic (exact) mass is 284 g/mol. The number of rotatable bonds is 1. The number of anilines is 1. The highest BCUT2D eigenvalue weighted by atomic mass is 16.2. The summed E-state index contributed by atoms with van der Waals surface area (Å²) in [7, 11) is 2.13. The van der Waals surface area contributed by atoms with Crippen molar-refractivity contribution < 1.29 is 4.79 Å². The average molecular weight is 284 g/mol. The van der Waals surface area contributed by atoms with Crippen molar-refractivity contribution in [2.75, 3.05) is 32.0 Å². The van der Waals surface area contributed by atoms with Crippen molar-refractivity contribution in [2.45, 2.75) is 18.9 Å². The second-order valence-corrected chi connectivity index (χ2v) is 6.09. The SMILES string of the molecule is CN1C[C@H]2CC[C@@H](C1)N(C(=O)Nc1cccc(C#N)c1)C2. The van der Waals surface area contributed by atoms with E-state index >= 15 is 0 Å². The van der Waals surface area contributed by atoms with Gasteiger partial charge in [0.2, 0.25) is 0 Å². The number of likely N-dealkylation sites (N-methyl/N-ethyl adjacent to an activating group) is 1. The van der Waals surface area contributed by atoms with Crippen LogP contribution in [0.5, 0.6) is 0 Å². The molecule has 3 saturated heterocycles. The van der Waals surface area contributed by atoms with Gasteiger partial charge in [0.25, 0.3) is 0 Å². The fourth-order valence-electron chi connectivity index (χ4n) is 3.43. The molecule has 3 aliphatic heterocycles. The van der Waals surface area contributed by atoms with E-state index in [1.165, 1.54) is 6.42 Å². The summed E-state index contributed by atoms with van der Waals surface area (Å²) >= 11 is 0. The van der Waals surface area contributed by atoms with Crippen LogP contribution >= 0.6 is 0 Å². The third-order valence-electron chi connectivity index (χ3n) is 4.40. The molecule has 0 spiro atoms. The Kier molecular flexibility index (Phi) is 3.80. The number of amides is 2. The Morgan fingerprint density at radius 3 is 3.00 bits per heavy atom. The van der Waals surface area contributed by atoms with Gasteiger partial charge in [0, 0.05) is 31.4 Å². The van der Waals surface area contributed by atoms with Crippen molar-refractivity contribution >= 4 is 11.7 Å². The molecule has 3 heterocycles. The maximum absolute atomic E-state index is 12.5. The molecule has 110 valence electrons. The molecule has 1 aromatic carbocycles. The van der Waals surface area contributed by atoms with Gasteiger partial charge in [-0.15, -0.1) is 0 Å². The first kappa shape index (κ1) is 13.9. The quantitative estimate of drug-likeness (QED) is 0.859. The van der Waals surface area contributed by atoms with Crippen molar-refractivity contribution in [3.05, 3.63) is 29.8 Å². The number of carbonyl (C=O) groups is 1. The number of piperidine rings is 1. The van der Waals surface area contributed by atoms with Crippen molar-refractivity contribution in [3.8, 4) is 6.07 Å². The van der Waals surface area contributed by atoms with E-state index in [1.54, 1.807) is 18.2 Å². The van der Waals surface area contributed by atoms with Crippen LogP contribution in [0.1, 0.15) is 18.4 Å². The van der Waals surface area contributed by atoms with Crippen LogP contribution in [0.2, 0.25) is 0 Å². The first-order chi connectivity index (χ1) is 10.2. The molecule has 0 saturated carbocycles. The van der Waals surface area contributed by atoms with Crippen molar-refractivity contribution in [2.24, 2.45) is 5.92 Å². The molecule has 4 rings (SSSR count). The second-order valence-electron chi connectivity index (χ2n) is 6.09. The number of nitriles is 1. The van der Waals surface area contributed by atoms with Gasteiger partial charge in [0.1, 0.15) is 0 Å². The summed E-state index contributed by atoms with van der Waals surface area (Å²) in [6, 6.07) is 9.40. The number of hydrogen-bond acceptors (Lipinski definition) is 3. The summed E-state index contributed by atoms with van der Waals surface area (Å²) in [5.41, 5.74) is 1.25. The van der Waals surface area contributed by atoms with Crippen LogP contribution in [0.3, 0.4) is 0 Å². The van der Waals surface area contributed by atoms with Gasteiger partial charge in [0.05, 0.1) is 11.6 Å². The van der Waals surface area contributed by atoms with Crippen LogP contribution in [0.15, 0.2) is 24.3 Å². The number of carbonyl (C=O) groups excluding carboxylic acids is 1. The van der Waals surface area contributed by atoms with E-state index in [4.69, 9.17) is 5.26 Å². The largest absolute Gasteiger partial charge is 0.322 e. The van der Waals surface area contributed by atoms with E-state index in [9.17, 15) is 4.79 Å². The van der Waals surface area contributed by atoms with E-state index in [2.05, 4.69) is 23.3 Å². The average Bonchev–Trinajstić information content (AvgIpc) is 2.76. The molecule has 0 aromatic heterocycles. The molecular formula is C16H20N4O. The minimum Gasteiger partial charge on any atom is -0.320 e. The highest BCUT2D eigenvalue weighted by molar-refractivity contribution is 5.89. The highest BCUT2D eigenvalue weighted by Crippen LogP contribution is 2.27. The lowest BCUT2D eigenvalue weighted by Crippen LogP contribution is -2.49. The van der Waals surface area contributed by atoms with Crippen LogP contribution in [0.4, 0.5) is 10.5 Å². The molecule has 3 fully saturated rings. The Morgan fingerprint density at radius 2 is 2.19 bits per heavy atom. The van der Waals surface area contributed by atoms with Crippen molar-refractivity contribution in [1.29, 1.82) is 5.26 Å². The number of benzene rings is 1. The minimum atomic E-state index is -0.0462. The number of hydrogen-bond donors (Lipinski definition) is 1. The Balaban J connectivity index is 1.72. The summed E-state index contributed by atoms with van der Waals surface area (Å²) in [5.74, 6) is 0.574. The number of fused-ring (bicyclic) bond motifs is 4. The van der Waals surface area contributed by atoms with E-state index in [0.717, 1.165) is 26.1 Å². The van der Waals surface area contributed by atoms with Gasteiger partial charge in [-0.25, -0.2) is 4.79 Å². The Hall–Kier alpha value is -2.06. The second kappa shape index (κ2) is 5.74. The highest BCUT2D eigenvalue weighted by Gasteiger charge is 2.36. The zero-order chi connectivity index (χ0) is 14.8. The van der Waals surface area contributed by atoms with Crippen LogP contribution in [-0.2, 0) is 0 Å². The van der Waals surface area contributed by atoms with Gasteiger partial charge in [-0.05, 0) is 44.0 Å². The molecule has 0 unspecified atom stereocenters. The zero-order valence-corrected chi connectivity index (χ0v) is 12.2. The summed E-state index contributed by atoms with van der Waals surface area (Å²) < 4.78 is 0. The minimum absolute atomic E-state index is 0.0462. The molecule has 0 aliphatic carbocycles. The fraction of sp³-hybridized carbons (Fsp3) is 0.500. The Morgan fingerprint density at radius 1 is 1.33 bits per heavy atom. The molecular weight excluding hydrogens is 264 g/mol. The lowest BCUT2D eigenvalue weighted by Gasteiger charge is -2.36. The fourth-order valence-corrected chi connectivity index (χ4v) is 3.43. The van der Waals surface area contributed by atoms with Crippen molar-refractivity contribution in [3.63, 3.8) is 0 Å². The zero-order valence-electron chi connectivity index (χ0n) is 12.2. The maximum atomic E-state index is 12.5. The molecule has 1 N–H and O–H groups in total. The Labute approximate surface area is 125 Å². The van der Waals surface area contributed by atoms with E-state index in [-0.39, 0.29) is 6.03 Å². The lowest BCUT2D eigenvalue weighted by atomic mass is 9.95. The third kappa shape index (κ3) is 3.01. The van der Waals surface area contributed by atoms with E-state index in [0.29, 0.717) is 23.2 Å². The molecule has 1 aromatic rings. The van der Waals surface area contributed by atoms with Gasteiger partial charge < -0.3 is 15.1 Å². The standard InChI is InChI=1S/C16H20N4O/c1-19-9-13-5-6-15(11-19)20(10-13)16(21)18-14-4-2-3-12(7-14)8-17/h2-4,7,13,15H,5-6,9-11H2,1H3,(H,18,21)/t13-,15+/m1/s1. The van der Waals surface area contributed by atoms with Crippen LogP contribution < -0.4 is 5.32 Å². The van der Waals surface area contributed by atoms with Crippen molar-refractivity contribution in [1.82, 2.24) is 9.80 Å². The van der Waals surface area contributed by atoms with Gasteiger partial charge in [-0.1, -0.05) is 6.07 Å². The third-order valence-corrected chi connectivity index (χ3v) is 4.40. The van der Waals surface area contributed by atoms with Gasteiger partial charge in [-0.3, -0.25) is 0 Å². The number of urea groups is 1. The summed E-state index contributed by atoms with van der Waals surface area (Å²) in [6.45, 7) is 2.85. The van der Waals surface area contributed by atoms with E-state index in [1.807, 2.05) is 11.0 Å². The van der Waals surface area contributed by atoms with Gasteiger partial charge in [0.15, 0.2) is 0 Å². The normalized spacial score (nSPS) is 25.2. The Bertz CT molecular complexity index is 580. The smallest absolute Gasteiger partial charge is 0.320 e. The maximum Gasteiger partial charge on any atom is 0.322 e. The number of nitrogens with one attached hydrogen (secondary N) is 1. The van der Waals surface area contributed by atoms with E-state index < -0.39 is 0 Å². The molecule has 5 nitrogen and oxygen atoms in total. The molecule has 5 heteroatoms. The van der Waals surface area contributed by atoms with Crippen LogP contribution in [0.25, 0.3) is 0 Å². The summed E-state index contributed by atoms with van der Waals surface area (Å²) in [4.78, 5) is 16.8. The molecule has 2 amide bonds. The number of nitrogens with zero attached hydrogens (tertiary/aromatic N) is 3. The topological polar surface area (TPSA) is 59.4 Å².